The lowest BCUT2D eigenvalue weighted by molar-refractivity contribution is 0.113. The largest absolute Gasteiger partial charge is 0.271 e. The SMILES string of the molecule is Cn1nc2ccc(C3CC(C(C)(C)C)CCN3S(C)(=O)=O)cc2c1C(C)(C)C. The average Bonchev–Trinajstić information content (AvgIpc) is 2.87. The fourth-order valence-electron chi connectivity index (χ4n) is 4.74. The molecule has 1 aliphatic rings. The molecule has 2 aromatic rings. The van der Waals surface area contributed by atoms with Crippen LogP contribution in [0.4, 0.5) is 0 Å². The van der Waals surface area contributed by atoms with E-state index in [0.29, 0.717) is 12.5 Å². The molecule has 0 N–H and O–H groups in total. The summed E-state index contributed by atoms with van der Waals surface area (Å²) in [6, 6.07) is 6.17. The van der Waals surface area contributed by atoms with E-state index in [0.717, 1.165) is 29.3 Å². The maximum Gasteiger partial charge on any atom is 0.211 e. The summed E-state index contributed by atoms with van der Waals surface area (Å²) in [7, 11) is -1.28. The molecule has 1 fully saturated rings. The van der Waals surface area contributed by atoms with E-state index in [4.69, 9.17) is 0 Å². The molecule has 2 atom stereocenters. The monoisotopic (exact) mass is 405 g/mol. The van der Waals surface area contributed by atoms with Gasteiger partial charge in [0, 0.05) is 30.4 Å². The maximum atomic E-state index is 12.5. The Morgan fingerprint density at radius 2 is 1.75 bits per heavy atom. The molecule has 1 aromatic heterocycles. The number of rotatable bonds is 2. The summed E-state index contributed by atoms with van der Waals surface area (Å²) in [5, 5.41) is 5.80. The van der Waals surface area contributed by atoms with E-state index < -0.39 is 10.0 Å². The van der Waals surface area contributed by atoms with Gasteiger partial charge in [-0.3, -0.25) is 4.68 Å². The molecule has 2 unspecified atom stereocenters. The van der Waals surface area contributed by atoms with Crippen LogP contribution in [0.25, 0.3) is 10.9 Å². The van der Waals surface area contributed by atoms with Crippen molar-refractivity contribution in [2.45, 2.75) is 65.8 Å². The summed E-state index contributed by atoms with van der Waals surface area (Å²) in [5.41, 5.74) is 3.34. The van der Waals surface area contributed by atoms with Crippen molar-refractivity contribution in [2.75, 3.05) is 12.8 Å². The van der Waals surface area contributed by atoms with Crippen molar-refractivity contribution in [1.29, 1.82) is 0 Å². The summed E-state index contributed by atoms with van der Waals surface area (Å²) in [4.78, 5) is 0. The van der Waals surface area contributed by atoms with E-state index in [-0.39, 0.29) is 16.9 Å². The van der Waals surface area contributed by atoms with E-state index in [9.17, 15) is 8.42 Å². The van der Waals surface area contributed by atoms with Gasteiger partial charge in [-0.1, -0.05) is 47.6 Å². The molecular weight excluding hydrogens is 370 g/mol. The summed E-state index contributed by atoms with van der Waals surface area (Å²) >= 11 is 0. The van der Waals surface area contributed by atoms with E-state index >= 15 is 0 Å². The number of aromatic nitrogens is 2. The van der Waals surface area contributed by atoms with E-state index in [1.54, 1.807) is 4.31 Å². The molecule has 0 saturated carbocycles. The maximum absolute atomic E-state index is 12.5. The minimum atomic E-state index is -3.27. The van der Waals surface area contributed by atoms with Crippen molar-refractivity contribution < 1.29 is 8.42 Å². The van der Waals surface area contributed by atoms with Gasteiger partial charge in [0.2, 0.25) is 10.0 Å². The standard InChI is InChI=1S/C22H35N3O2S/c1-21(2,3)16-11-12-25(28(8,26)27)19(14-16)15-9-10-18-17(13-15)20(22(4,5)6)24(7)23-18/h9-10,13,16,19H,11-12,14H2,1-8H3. The Labute approximate surface area is 170 Å². The van der Waals surface area contributed by atoms with Crippen molar-refractivity contribution in [3.05, 3.63) is 29.5 Å². The molecule has 0 bridgehead atoms. The highest BCUT2D eigenvalue weighted by atomic mass is 32.2. The van der Waals surface area contributed by atoms with Gasteiger partial charge in [-0.15, -0.1) is 0 Å². The van der Waals surface area contributed by atoms with E-state index in [1.807, 2.05) is 17.8 Å². The molecule has 0 aliphatic carbocycles. The van der Waals surface area contributed by atoms with Gasteiger partial charge in [0.25, 0.3) is 0 Å². The Morgan fingerprint density at radius 3 is 2.29 bits per heavy atom. The van der Waals surface area contributed by atoms with Gasteiger partial charge in [0.05, 0.1) is 17.5 Å². The van der Waals surface area contributed by atoms with Crippen molar-refractivity contribution >= 4 is 20.9 Å². The molecule has 156 valence electrons. The first-order valence-corrected chi connectivity index (χ1v) is 12.0. The molecule has 28 heavy (non-hydrogen) atoms. The number of hydrogen-bond acceptors (Lipinski definition) is 3. The zero-order valence-corrected chi connectivity index (χ0v) is 19.4. The Bertz CT molecular complexity index is 978. The van der Waals surface area contributed by atoms with Crippen LogP contribution < -0.4 is 0 Å². The fourth-order valence-corrected chi connectivity index (χ4v) is 5.85. The van der Waals surface area contributed by atoms with E-state index in [2.05, 4.69) is 58.8 Å². The normalized spacial score (nSPS) is 22.7. The third-order valence-electron chi connectivity index (χ3n) is 6.16. The molecule has 0 radical (unpaired) electrons. The quantitative estimate of drug-likeness (QED) is 0.732. The number of benzene rings is 1. The van der Waals surface area contributed by atoms with Crippen LogP contribution in [0.3, 0.4) is 0 Å². The van der Waals surface area contributed by atoms with Crippen LogP contribution in [0.2, 0.25) is 0 Å². The molecule has 0 spiro atoms. The second kappa shape index (κ2) is 6.84. The topological polar surface area (TPSA) is 55.2 Å². The van der Waals surface area contributed by atoms with Crippen LogP contribution in [-0.4, -0.2) is 35.3 Å². The molecule has 1 aromatic carbocycles. The number of nitrogens with zero attached hydrogens (tertiary/aromatic N) is 3. The summed E-state index contributed by atoms with van der Waals surface area (Å²) in [5.74, 6) is 0.488. The average molecular weight is 406 g/mol. The van der Waals surface area contributed by atoms with Crippen molar-refractivity contribution in [3.63, 3.8) is 0 Å². The highest BCUT2D eigenvalue weighted by Crippen LogP contribution is 2.44. The summed E-state index contributed by atoms with van der Waals surface area (Å²) in [6.07, 6.45) is 3.10. The lowest BCUT2D eigenvalue weighted by Crippen LogP contribution is -2.43. The van der Waals surface area contributed by atoms with Gasteiger partial charge in [-0.2, -0.15) is 9.40 Å². The Kier molecular flexibility index (Phi) is 5.20. The molecule has 6 heteroatoms. The molecular formula is C22H35N3O2S. The van der Waals surface area contributed by atoms with Crippen molar-refractivity contribution in [2.24, 2.45) is 18.4 Å². The van der Waals surface area contributed by atoms with Gasteiger partial charge in [-0.05, 0) is 41.9 Å². The Morgan fingerprint density at radius 1 is 1.11 bits per heavy atom. The first-order valence-electron chi connectivity index (χ1n) is 10.1. The predicted molar refractivity (Wildman–Crippen MR) is 116 cm³/mol. The number of sulfonamides is 1. The van der Waals surface area contributed by atoms with E-state index in [1.165, 1.54) is 11.9 Å². The molecule has 0 amide bonds. The summed E-state index contributed by atoms with van der Waals surface area (Å²) < 4.78 is 28.7. The van der Waals surface area contributed by atoms with Gasteiger partial charge in [-0.25, -0.2) is 8.42 Å². The molecule has 1 saturated heterocycles. The highest BCUT2D eigenvalue weighted by molar-refractivity contribution is 7.88. The number of fused-ring (bicyclic) bond motifs is 1. The van der Waals surface area contributed by atoms with Crippen molar-refractivity contribution in [1.82, 2.24) is 14.1 Å². The lowest BCUT2D eigenvalue weighted by Gasteiger charge is -2.43. The zero-order valence-electron chi connectivity index (χ0n) is 18.6. The predicted octanol–water partition coefficient (Wildman–Crippen LogP) is 4.63. The summed E-state index contributed by atoms with van der Waals surface area (Å²) in [6.45, 7) is 13.9. The number of aryl methyl sites for hydroxylation is 1. The molecule has 3 rings (SSSR count). The fraction of sp³-hybridized carbons (Fsp3) is 0.682. The van der Waals surface area contributed by atoms with Gasteiger partial charge < -0.3 is 0 Å². The third kappa shape index (κ3) is 3.99. The second-order valence-electron chi connectivity index (χ2n) is 10.5. The van der Waals surface area contributed by atoms with Crippen LogP contribution in [0.15, 0.2) is 18.2 Å². The van der Waals surface area contributed by atoms with Crippen LogP contribution in [0.1, 0.15) is 71.7 Å². The van der Waals surface area contributed by atoms with Crippen LogP contribution in [0, 0.1) is 11.3 Å². The van der Waals surface area contributed by atoms with Crippen LogP contribution >= 0.6 is 0 Å². The highest BCUT2D eigenvalue weighted by Gasteiger charge is 2.39. The van der Waals surface area contributed by atoms with Gasteiger partial charge >= 0.3 is 0 Å². The molecule has 2 heterocycles. The molecule has 5 nitrogen and oxygen atoms in total. The lowest BCUT2D eigenvalue weighted by atomic mass is 9.73. The number of hydrogen-bond donors (Lipinski definition) is 0. The van der Waals surface area contributed by atoms with Gasteiger partial charge in [0.1, 0.15) is 0 Å². The first kappa shape index (κ1) is 21.3. The van der Waals surface area contributed by atoms with Crippen LogP contribution in [0.5, 0.6) is 0 Å². The molecule has 1 aliphatic heterocycles. The number of piperidine rings is 1. The Balaban J connectivity index is 2.13. The second-order valence-corrected chi connectivity index (χ2v) is 12.4. The first-order chi connectivity index (χ1) is 12.7. The van der Waals surface area contributed by atoms with Gasteiger partial charge in [0.15, 0.2) is 0 Å². The third-order valence-corrected chi connectivity index (χ3v) is 7.45. The minimum absolute atomic E-state index is 0.0425. The zero-order chi connectivity index (χ0) is 21.1. The smallest absolute Gasteiger partial charge is 0.211 e. The van der Waals surface area contributed by atoms with Crippen molar-refractivity contribution in [3.8, 4) is 0 Å². The van der Waals surface area contributed by atoms with Crippen LogP contribution in [-0.2, 0) is 22.5 Å². The minimum Gasteiger partial charge on any atom is -0.271 e. The Hall–Kier alpha value is -1.40.